The molecule has 0 aliphatic heterocycles. The number of hydrogen-bond donors (Lipinski definition) is 2. The lowest BCUT2D eigenvalue weighted by atomic mass is 10.1. The molecular weight excluding hydrogens is 370 g/mol. The Bertz CT molecular complexity index is 545. The molecule has 0 aliphatic rings. The number of thioether (sulfide) groups is 2. The molecule has 0 fully saturated rings. The fraction of sp³-hybridized carbons (Fsp3) is 0.611. The standard InChI is InChI=1S/C18H25N3OS3/c1-4-6-7-8-12-20-13-14-24-17(23)25-18(3,15-19)10-9-16(22)21-11-5-2/h1-2,20H,6-14H2,3H3,(H,21,22). The number of terminal acetylenes is 2. The third-order valence-corrected chi connectivity index (χ3v) is 5.95. The Morgan fingerprint density at radius 2 is 2.04 bits per heavy atom. The van der Waals surface area contributed by atoms with Gasteiger partial charge in [-0.05, 0) is 32.7 Å². The number of unbranched alkanes of at least 4 members (excludes halogenated alkanes) is 2. The van der Waals surface area contributed by atoms with Gasteiger partial charge in [-0.15, -0.1) is 30.5 Å². The Kier molecular flexibility index (Phi) is 14.4. The number of carbonyl (C=O) groups is 1. The molecule has 0 aliphatic carbocycles. The van der Waals surface area contributed by atoms with Crippen LogP contribution >= 0.6 is 35.7 Å². The van der Waals surface area contributed by atoms with Crippen LogP contribution in [-0.4, -0.2) is 39.6 Å². The molecule has 0 aromatic heterocycles. The molecule has 0 aromatic rings. The van der Waals surface area contributed by atoms with Gasteiger partial charge >= 0.3 is 0 Å². The largest absolute Gasteiger partial charge is 0.345 e. The summed E-state index contributed by atoms with van der Waals surface area (Å²) in [5.74, 6) is 5.68. The highest BCUT2D eigenvalue weighted by Gasteiger charge is 2.27. The molecule has 0 radical (unpaired) electrons. The highest BCUT2D eigenvalue weighted by Crippen LogP contribution is 2.34. The number of rotatable bonds is 12. The molecule has 0 saturated heterocycles. The summed E-state index contributed by atoms with van der Waals surface area (Å²) in [6, 6.07) is 2.26. The van der Waals surface area contributed by atoms with Gasteiger partial charge in [-0.25, -0.2) is 0 Å². The van der Waals surface area contributed by atoms with Gasteiger partial charge in [0.1, 0.15) is 8.28 Å². The molecule has 0 saturated carbocycles. The van der Waals surface area contributed by atoms with Crippen molar-refractivity contribution in [3.05, 3.63) is 0 Å². The Hall–Kier alpha value is -1.17. The van der Waals surface area contributed by atoms with Gasteiger partial charge in [0.25, 0.3) is 0 Å². The second kappa shape index (κ2) is 15.1. The van der Waals surface area contributed by atoms with E-state index in [1.165, 1.54) is 11.8 Å². The minimum Gasteiger partial charge on any atom is -0.345 e. The fourth-order valence-electron chi connectivity index (χ4n) is 1.74. The lowest BCUT2D eigenvalue weighted by molar-refractivity contribution is -0.121. The van der Waals surface area contributed by atoms with Gasteiger partial charge in [-0.1, -0.05) is 29.9 Å². The van der Waals surface area contributed by atoms with E-state index in [9.17, 15) is 10.1 Å². The Labute approximate surface area is 165 Å². The molecule has 7 heteroatoms. The van der Waals surface area contributed by atoms with Crippen molar-refractivity contribution in [3.8, 4) is 30.8 Å². The molecule has 4 nitrogen and oxygen atoms in total. The molecule has 0 bridgehead atoms. The Morgan fingerprint density at radius 1 is 1.28 bits per heavy atom. The van der Waals surface area contributed by atoms with Crippen LogP contribution in [0.1, 0.15) is 39.0 Å². The normalized spacial score (nSPS) is 12.2. The van der Waals surface area contributed by atoms with Crippen molar-refractivity contribution in [1.82, 2.24) is 10.6 Å². The maximum atomic E-state index is 11.6. The summed E-state index contributed by atoms with van der Waals surface area (Å²) in [4.78, 5) is 11.6. The van der Waals surface area contributed by atoms with Crippen LogP contribution in [0.4, 0.5) is 0 Å². The SMILES string of the molecule is C#CCCCCNCCSC(=S)SC(C)(C#N)CCC(=O)NCC#C. The lowest BCUT2D eigenvalue weighted by Gasteiger charge is -2.20. The van der Waals surface area contributed by atoms with Gasteiger partial charge in [0.05, 0.1) is 12.6 Å². The third kappa shape index (κ3) is 13.8. The zero-order chi connectivity index (χ0) is 19.0. The van der Waals surface area contributed by atoms with E-state index in [-0.39, 0.29) is 18.9 Å². The average Bonchev–Trinajstić information content (AvgIpc) is 2.60. The van der Waals surface area contributed by atoms with E-state index in [0.717, 1.165) is 41.6 Å². The summed E-state index contributed by atoms with van der Waals surface area (Å²) in [6.07, 6.45) is 13.9. The predicted octanol–water partition coefficient (Wildman–Crippen LogP) is 2.94. The summed E-state index contributed by atoms with van der Waals surface area (Å²) in [6.45, 7) is 3.83. The fourth-order valence-corrected chi connectivity index (χ4v) is 4.61. The number of nitrogens with one attached hydrogen (secondary N) is 2. The van der Waals surface area contributed by atoms with E-state index >= 15 is 0 Å². The highest BCUT2D eigenvalue weighted by molar-refractivity contribution is 8.47. The highest BCUT2D eigenvalue weighted by atomic mass is 32.2. The van der Waals surface area contributed by atoms with Gasteiger partial charge < -0.3 is 10.6 Å². The van der Waals surface area contributed by atoms with E-state index < -0.39 is 4.75 Å². The molecule has 2 N–H and O–H groups in total. The predicted molar refractivity (Wildman–Crippen MR) is 113 cm³/mol. The van der Waals surface area contributed by atoms with Gasteiger partial charge in [0.15, 0.2) is 0 Å². The summed E-state index contributed by atoms with van der Waals surface area (Å²) in [5, 5.41) is 15.3. The number of nitrogens with zero attached hydrogens (tertiary/aromatic N) is 1. The topological polar surface area (TPSA) is 64.9 Å². The number of amides is 1. The minimum absolute atomic E-state index is 0.146. The van der Waals surface area contributed by atoms with Crippen LogP contribution in [0.15, 0.2) is 0 Å². The summed E-state index contributed by atoms with van der Waals surface area (Å²) < 4.78 is 0.0162. The van der Waals surface area contributed by atoms with Gasteiger partial charge in [0.2, 0.25) is 5.91 Å². The molecule has 136 valence electrons. The zero-order valence-electron chi connectivity index (χ0n) is 14.6. The quantitative estimate of drug-likeness (QED) is 0.301. The van der Waals surface area contributed by atoms with E-state index in [1.54, 1.807) is 11.8 Å². The maximum Gasteiger partial charge on any atom is 0.220 e. The monoisotopic (exact) mass is 395 g/mol. The Morgan fingerprint density at radius 3 is 2.68 bits per heavy atom. The summed E-state index contributed by atoms with van der Waals surface area (Å²) in [7, 11) is 0. The molecule has 0 spiro atoms. The lowest BCUT2D eigenvalue weighted by Crippen LogP contribution is -2.27. The van der Waals surface area contributed by atoms with Gasteiger partial charge in [0, 0.05) is 25.1 Å². The number of thiocarbonyl (C=S) groups is 1. The first-order valence-electron chi connectivity index (χ1n) is 8.09. The molecular formula is C18H25N3OS3. The van der Waals surface area contributed by atoms with Crippen LogP contribution in [0, 0.1) is 36.0 Å². The number of nitriles is 1. The summed E-state index contributed by atoms with van der Waals surface area (Å²) >= 11 is 8.26. The van der Waals surface area contributed by atoms with Crippen molar-refractivity contribution in [1.29, 1.82) is 5.26 Å². The van der Waals surface area contributed by atoms with E-state index in [0.29, 0.717) is 6.42 Å². The van der Waals surface area contributed by atoms with E-state index in [1.807, 2.05) is 6.92 Å². The van der Waals surface area contributed by atoms with Crippen molar-refractivity contribution >= 4 is 45.2 Å². The van der Waals surface area contributed by atoms with Crippen LogP contribution < -0.4 is 10.6 Å². The van der Waals surface area contributed by atoms with Crippen molar-refractivity contribution in [3.63, 3.8) is 0 Å². The first-order chi connectivity index (χ1) is 12.0. The molecule has 0 heterocycles. The molecule has 1 amide bonds. The molecule has 0 aromatic carbocycles. The van der Waals surface area contributed by atoms with Gasteiger partial charge in [-0.3, -0.25) is 4.79 Å². The first-order valence-corrected chi connectivity index (χ1v) is 10.3. The van der Waals surface area contributed by atoms with E-state index in [4.69, 9.17) is 25.1 Å². The van der Waals surface area contributed by atoms with Crippen LogP contribution in [0.3, 0.4) is 0 Å². The van der Waals surface area contributed by atoms with Crippen LogP contribution in [-0.2, 0) is 4.79 Å². The summed E-state index contributed by atoms with van der Waals surface area (Å²) in [5.41, 5.74) is 0. The van der Waals surface area contributed by atoms with Crippen molar-refractivity contribution in [2.45, 2.75) is 43.8 Å². The third-order valence-electron chi connectivity index (χ3n) is 3.19. The van der Waals surface area contributed by atoms with Crippen molar-refractivity contribution in [2.75, 3.05) is 25.4 Å². The van der Waals surface area contributed by atoms with Crippen molar-refractivity contribution < 1.29 is 4.79 Å². The zero-order valence-corrected chi connectivity index (χ0v) is 17.0. The number of carbonyl (C=O) groups excluding carboxylic acids is 1. The average molecular weight is 396 g/mol. The second-order valence-corrected chi connectivity index (χ2v) is 9.24. The van der Waals surface area contributed by atoms with E-state index in [2.05, 4.69) is 28.5 Å². The molecule has 1 unspecified atom stereocenters. The van der Waals surface area contributed by atoms with Crippen molar-refractivity contribution in [2.24, 2.45) is 0 Å². The minimum atomic E-state index is -0.708. The molecule has 0 rings (SSSR count). The molecule has 1 atom stereocenters. The van der Waals surface area contributed by atoms with Gasteiger partial charge in [-0.2, -0.15) is 5.26 Å². The van der Waals surface area contributed by atoms with Crippen LogP contribution in [0.5, 0.6) is 0 Å². The first kappa shape index (κ1) is 23.8. The number of hydrogen-bond acceptors (Lipinski definition) is 6. The Balaban J connectivity index is 3.95. The van der Waals surface area contributed by atoms with Crippen LogP contribution in [0.2, 0.25) is 0 Å². The smallest absolute Gasteiger partial charge is 0.220 e. The molecule has 25 heavy (non-hydrogen) atoms. The maximum absolute atomic E-state index is 11.6. The van der Waals surface area contributed by atoms with Crippen LogP contribution in [0.25, 0.3) is 0 Å². The second-order valence-electron chi connectivity index (χ2n) is 5.44.